The minimum Gasteiger partial charge on any atom is -0.384 e. The first-order chi connectivity index (χ1) is 16.7. The molecule has 12 heteroatoms. The molecule has 8 nitrogen and oxygen atoms in total. The number of nitriles is 1. The van der Waals surface area contributed by atoms with E-state index in [1.54, 1.807) is 26.0 Å². The molecular formula is C24H22F3N6O2P. The molecular weight excluding hydrogens is 492 g/mol. The van der Waals surface area contributed by atoms with Crippen LogP contribution in [0.3, 0.4) is 0 Å². The molecule has 0 fully saturated rings. The molecule has 0 saturated heterocycles. The zero-order chi connectivity index (χ0) is 26.5. The number of alkyl halides is 3. The number of benzene rings is 1. The molecule has 3 N–H and O–H groups in total. The molecule has 0 aliphatic carbocycles. The Morgan fingerprint density at radius 3 is 2.50 bits per heavy atom. The molecule has 4 aromatic rings. The van der Waals surface area contributed by atoms with Gasteiger partial charge in [0.15, 0.2) is 0 Å². The van der Waals surface area contributed by atoms with Gasteiger partial charge in [-0.2, -0.15) is 18.4 Å². The third-order valence-electron chi connectivity index (χ3n) is 5.48. The van der Waals surface area contributed by atoms with E-state index >= 15 is 0 Å². The van der Waals surface area contributed by atoms with Gasteiger partial charge in [0.05, 0.1) is 33.8 Å². The fraction of sp³-hybridized carbons (Fsp3) is 0.250. The van der Waals surface area contributed by atoms with Crippen LogP contribution in [0.1, 0.15) is 30.7 Å². The zero-order valence-corrected chi connectivity index (χ0v) is 20.7. The van der Waals surface area contributed by atoms with E-state index in [-0.39, 0.29) is 28.1 Å². The number of nitrogens with zero attached hydrogens (tertiary/aromatic N) is 4. The van der Waals surface area contributed by atoms with Crippen LogP contribution in [0.4, 0.5) is 24.8 Å². The second-order valence-electron chi connectivity index (χ2n) is 9.12. The lowest BCUT2D eigenvalue weighted by molar-refractivity contribution is -0.137. The molecule has 0 amide bonds. The summed E-state index contributed by atoms with van der Waals surface area (Å²) in [4.78, 5) is 15.0. The molecule has 3 heterocycles. The molecule has 0 atom stereocenters. The molecule has 3 aromatic heterocycles. The molecule has 0 unspecified atom stereocenters. The molecule has 0 spiro atoms. The van der Waals surface area contributed by atoms with Crippen LogP contribution in [-0.4, -0.2) is 38.4 Å². The lowest BCUT2D eigenvalue weighted by Crippen LogP contribution is -2.17. The molecule has 1 aromatic carbocycles. The summed E-state index contributed by atoms with van der Waals surface area (Å²) in [5.41, 5.74) is -1.27. The van der Waals surface area contributed by atoms with Gasteiger partial charge >= 0.3 is 6.18 Å². The number of rotatable bonds is 5. The molecule has 0 aliphatic rings. The standard InChI is InChI=1S/C24H22F3N6O2P/c1-23(2,34)18-9-14(7-8-29-18)32-22-31-12-17(24(25,26)27)19(33-22)16-11-30-20-15(16)6-5-13(10-28)21(20)36(3,4)35/h5-9,11-12,30,34H,1-4H3,(H,29,31,32,33). The normalized spacial score (nSPS) is 12.5. The summed E-state index contributed by atoms with van der Waals surface area (Å²) < 4.78 is 54.7. The van der Waals surface area contributed by atoms with E-state index < -0.39 is 24.5 Å². The van der Waals surface area contributed by atoms with Crippen molar-refractivity contribution < 1.29 is 22.8 Å². The third-order valence-corrected chi connectivity index (χ3v) is 7.02. The summed E-state index contributed by atoms with van der Waals surface area (Å²) in [6.07, 6.45) is -1.26. The van der Waals surface area contributed by atoms with Gasteiger partial charge in [-0.15, -0.1) is 0 Å². The maximum Gasteiger partial charge on any atom is 0.419 e. The van der Waals surface area contributed by atoms with Crippen molar-refractivity contribution in [1.82, 2.24) is 19.9 Å². The Morgan fingerprint density at radius 2 is 1.89 bits per heavy atom. The first-order valence-corrected chi connectivity index (χ1v) is 13.3. The summed E-state index contributed by atoms with van der Waals surface area (Å²) in [6.45, 7) is 6.10. The van der Waals surface area contributed by atoms with Crippen LogP contribution < -0.4 is 10.6 Å². The highest BCUT2D eigenvalue weighted by Gasteiger charge is 2.36. The van der Waals surface area contributed by atoms with Crippen LogP contribution in [-0.2, 0) is 16.3 Å². The lowest BCUT2D eigenvalue weighted by atomic mass is 10.0. The minimum absolute atomic E-state index is 0.106. The molecule has 36 heavy (non-hydrogen) atoms. The SMILES string of the molecule is CC(C)(O)c1cc(Nc2ncc(C(F)(F)F)c(-c3c[nH]c4c(P(C)(C)=O)c(C#N)ccc34)n2)ccn1. The number of fused-ring (bicyclic) bond motifs is 1. The zero-order valence-electron chi connectivity index (χ0n) is 19.8. The highest BCUT2D eigenvalue weighted by atomic mass is 31.2. The summed E-state index contributed by atoms with van der Waals surface area (Å²) in [5, 5.41) is 23.2. The van der Waals surface area contributed by atoms with Crippen LogP contribution >= 0.6 is 7.14 Å². The Bertz CT molecular complexity index is 1560. The number of aliphatic hydroxyl groups is 1. The summed E-state index contributed by atoms with van der Waals surface area (Å²) >= 11 is 0. The maximum absolute atomic E-state index is 13.9. The maximum atomic E-state index is 13.9. The van der Waals surface area contributed by atoms with E-state index in [4.69, 9.17) is 0 Å². The van der Waals surface area contributed by atoms with Gasteiger partial charge in [0.1, 0.15) is 18.3 Å². The number of halogens is 3. The molecule has 0 bridgehead atoms. The molecule has 4 rings (SSSR count). The lowest BCUT2D eigenvalue weighted by Gasteiger charge is -2.17. The minimum atomic E-state index is -4.75. The van der Waals surface area contributed by atoms with Crippen molar-refractivity contribution in [2.24, 2.45) is 0 Å². The Labute approximate surface area is 204 Å². The molecule has 186 valence electrons. The van der Waals surface area contributed by atoms with Crippen molar-refractivity contribution in [2.45, 2.75) is 25.6 Å². The van der Waals surface area contributed by atoms with Gasteiger partial charge in [0, 0.05) is 35.2 Å². The van der Waals surface area contributed by atoms with E-state index in [0.717, 1.165) is 0 Å². The smallest absolute Gasteiger partial charge is 0.384 e. The van der Waals surface area contributed by atoms with Crippen molar-refractivity contribution in [1.29, 1.82) is 5.26 Å². The number of aromatic nitrogens is 4. The van der Waals surface area contributed by atoms with E-state index in [1.165, 1.54) is 37.9 Å². The fourth-order valence-corrected chi connectivity index (χ4v) is 5.28. The van der Waals surface area contributed by atoms with Crippen molar-refractivity contribution in [3.63, 3.8) is 0 Å². The molecule has 0 radical (unpaired) electrons. The molecule has 0 aliphatic heterocycles. The summed E-state index contributed by atoms with van der Waals surface area (Å²) in [7, 11) is -2.96. The Kier molecular flexibility index (Phi) is 6.15. The predicted octanol–water partition coefficient (Wildman–Crippen LogP) is 5.13. The number of hydrogen-bond acceptors (Lipinski definition) is 7. The van der Waals surface area contributed by atoms with Crippen molar-refractivity contribution in [3.05, 3.63) is 59.7 Å². The van der Waals surface area contributed by atoms with Crippen molar-refractivity contribution in [2.75, 3.05) is 18.6 Å². The van der Waals surface area contributed by atoms with Crippen LogP contribution in [0.25, 0.3) is 22.2 Å². The van der Waals surface area contributed by atoms with Gasteiger partial charge in [0.2, 0.25) is 5.95 Å². The number of hydrogen-bond donors (Lipinski definition) is 3. The fourth-order valence-electron chi connectivity index (χ4n) is 3.86. The van der Waals surface area contributed by atoms with Crippen LogP contribution in [0.5, 0.6) is 0 Å². The van der Waals surface area contributed by atoms with E-state index in [9.17, 15) is 28.1 Å². The van der Waals surface area contributed by atoms with Gasteiger partial charge in [-0.25, -0.2) is 9.97 Å². The number of anilines is 2. The number of nitrogens with one attached hydrogen (secondary N) is 2. The quantitative estimate of drug-likeness (QED) is 0.315. The van der Waals surface area contributed by atoms with E-state index in [1.807, 2.05) is 6.07 Å². The Hall–Kier alpha value is -3.74. The largest absolute Gasteiger partial charge is 0.419 e. The summed E-state index contributed by atoms with van der Waals surface area (Å²) in [6, 6.07) is 8.06. The van der Waals surface area contributed by atoms with E-state index in [0.29, 0.717) is 28.5 Å². The summed E-state index contributed by atoms with van der Waals surface area (Å²) in [5.74, 6) is -0.106. The van der Waals surface area contributed by atoms with Gasteiger partial charge in [0.25, 0.3) is 0 Å². The second-order valence-corrected chi connectivity index (χ2v) is 12.3. The average Bonchev–Trinajstić information content (AvgIpc) is 3.20. The third kappa shape index (κ3) is 4.83. The van der Waals surface area contributed by atoms with Gasteiger partial charge in [-0.3, -0.25) is 4.98 Å². The average molecular weight is 514 g/mol. The predicted molar refractivity (Wildman–Crippen MR) is 131 cm³/mol. The topological polar surface area (TPSA) is 128 Å². The molecule has 0 saturated carbocycles. The Morgan fingerprint density at radius 1 is 1.17 bits per heavy atom. The first kappa shape index (κ1) is 25.4. The second kappa shape index (κ2) is 8.73. The highest BCUT2D eigenvalue weighted by Crippen LogP contribution is 2.43. The highest BCUT2D eigenvalue weighted by molar-refractivity contribution is 7.70. The van der Waals surface area contributed by atoms with E-state index in [2.05, 4.69) is 25.3 Å². The van der Waals surface area contributed by atoms with Gasteiger partial charge in [-0.05, 0) is 45.4 Å². The number of aromatic amines is 1. The Balaban J connectivity index is 1.89. The number of pyridine rings is 1. The van der Waals surface area contributed by atoms with Crippen LogP contribution in [0.2, 0.25) is 0 Å². The van der Waals surface area contributed by atoms with Crippen LogP contribution in [0.15, 0.2) is 42.9 Å². The van der Waals surface area contributed by atoms with Gasteiger partial charge in [-0.1, -0.05) is 6.07 Å². The van der Waals surface area contributed by atoms with Crippen molar-refractivity contribution in [3.8, 4) is 17.3 Å². The number of H-pyrrole nitrogens is 1. The first-order valence-electron chi connectivity index (χ1n) is 10.7. The van der Waals surface area contributed by atoms with Gasteiger partial charge < -0.3 is 20.0 Å². The van der Waals surface area contributed by atoms with Crippen molar-refractivity contribution >= 4 is 35.0 Å². The monoisotopic (exact) mass is 514 g/mol. The van der Waals surface area contributed by atoms with Crippen LogP contribution in [0, 0.1) is 11.3 Å².